The monoisotopic (exact) mass is 836 g/mol. The smallest absolute Gasteiger partial charge is 0.249 e. The summed E-state index contributed by atoms with van der Waals surface area (Å²) in [5.74, 6) is -0.465. The molecule has 0 heterocycles. The van der Waals surface area contributed by atoms with Crippen LogP contribution in [-0.2, 0) is 4.79 Å². The Labute approximate surface area is 370 Å². The summed E-state index contributed by atoms with van der Waals surface area (Å²) in [7, 11) is 0. The van der Waals surface area contributed by atoms with Crippen molar-refractivity contribution in [1.29, 1.82) is 0 Å². The average Bonchev–Trinajstić information content (AvgIpc) is 3.24. The topological polar surface area (TPSA) is 89.8 Å². The zero-order valence-corrected chi connectivity index (χ0v) is 40.4. The molecule has 0 aromatic heterocycles. The third-order valence-electron chi connectivity index (χ3n) is 13.2. The SMILES string of the molecule is CCCCCCCCCCCCCCCCCCCCCCCCCCCCCCCCCCCCC(O)C(=O)NC(CO)C(O)CCCCCCCCCCCCC. The van der Waals surface area contributed by atoms with Crippen LogP contribution < -0.4 is 5.32 Å². The van der Waals surface area contributed by atoms with Crippen LogP contribution in [0.1, 0.15) is 316 Å². The Bertz CT molecular complexity index is 792. The molecular weight excluding hydrogens is 727 g/mol. The molecule has 0 bridgehead atoms. The van der Waals surface area contributed by atoms with Gasteiger partial charge in [0.1, 0.15) is 6.10 Å². The number of aliphatic hydroxyl groups is 3. The van der Waals surface area contributed by atoms with E-state index in [1.165, 1.54) is 257 Å². The summed E-state index contributed by atoms with van der Waals surface area (Å²) < 4.78 is 0. The maximum absolute atomic E-state index is 12.5. The second kappa shape index (κ2) is 50.0. The molecule has 0 saturated heterocycles. The molecule has 354 valence electrons. The van der Waals surface area contributed by atoms with Gasteiger partial charge in [-0.15, -0.1) is 0 Å². The van der Waals surface area contributed by atoms with Crippen molar-refractivity contribution >= 4 is 5.91 Å². The molecule has 0 aromatic rings. The molecule has 0 aromatic carbocycles. The lowest BCUT2D eigenvalue weighted by Gasteiger charge is -2.23. The second-order valence-corrected chi connectivity index (χ2v) is 19.2. The predicted octanol–water partition coefficient (Wildman–Crippen LogP) is 16.6. The molecule has 3 unspecified atom stereocenters. The van der Waals surface area contributed by atoms with Crippen LogP contribution in [0.5, 0.6) is 0 Å². The highest BCUT2D eigenvalue weighted by molar-refractivity contribution is 5.80. The minimum atomic E-state index is -1.07. The normalized spacial score (nSPS) is 13.2. The van der Waals surface area contributed by atoms with E-state index in [1.807, 2.05) is 0 Å². The Morgan fingerprint density at radius 1 is 0.339 bits per heavy atom. The largest absolute Gasteiger partial charge is 0.394 e. The molecular formula is C54H109NO4. The maximum atomic E-state index is 12.5. The molecule has 5 heteroatoms. The van der Waals surface area contributed by atoms with E-state index in [0.29, 0.717) is 12.8 Å². The molecule has 0 aliphatic rings. The number of amides is 1. The van der Waals surface area contributed by atoms with Crippen molar-refractivity contribution in [3.63, 3.8) is 0 Å². The van der Waals surface area contributed by atoms with E-state index in [9.17, 15) is 20.1 Å². The van der Waals surface area contributed by atoms with Crippen LogP contribution in [0.15, 0.2) is 0 Å². The molecule has 0 spiro atoms. The van der Waals surface area contributed by atoms with Crippen LogP contribution >= 0.6 is 0 Å². The quantitative estimate of drug-likeness (QED) is 0.0460. The summed E-state index contributed by atoms with van der Waals surface area (Å²) in [6.07, 6.45) is 60.2. The Kier molecular flexibility index (Phi) is 49.4. The molecule has 0 aliphatic carbocycles. The van der Waals surface area contributed by atoms with Gasteiger partial charge in [-0.2, -0.15) is 0 Å². The number of hydrogen-bond donors (Lipinski definition) is 4. The third kappa shape index (κ3) is 45.2. The summed E-state index contributed by atoms with van der Waals surface area (Å²) in [6, 6.07) is -0.705. The Balaban J connectivity index is 3.39. The highest BCUT2D eigenvalue weighted by atomic mass is 16.3. The van der Waals surface area contributed by atoms with E-state index >= 15 is 0 Å². The highest BCUT2D eigenvalue weighted by Crippen LogP contribution is 2.18. The molecule has 0 radical (unpaired) electrons. The summed E-state index contributed by atoms with van der Waals surface area (Å²) in [5, 5.41) is 33.3. The number of rotatable bonds is 51. The van der Waals surface area contributed by atoms with Crippen molar-refractivity contribution < 1.29 is 20.1 Å². The van der Waals surface area contributed by atoms with E-state index in [1.54, 1.807) is 0 Å². The van der Waals surface area contributed by atoms with Gasteiger partial charge in [0.25, 0.3) is 0 Å². The van der Waals surface area contributed by atoms with Gasteiger partial charge in [0.15, 0.2) is 0 Å². The van der Waals surface area contributed by atoms with Crippen LogP contribution in [0.25, 0.3) is 0 Å². The first-order chi connectivity index (χ1) is 29.1. The van der Waals surface area contributed by atoms with Gasteiger partial charge in [-0.25, -0.2) is 0 Å². The second-order valence-electron chi connectivity index (χ2n) is 19.2. The van der Waals surface area contributed by atoms with Crippen LogP contribution in [0.3, 0.4) is 0 Å². The van der Waals surface area contributed by atoms with Crippen LogP contribution in [-0.4, -0.2) is 46.1 Å². The number of hydrogen-bond acceptors (Lipinski definition) is 4. The molecule has 4 N–H and O–H groups in total. The number of unbranched alkanes of at least 4 members (excludes halogenated alkanes) is 43. The fourth-order valence-corrected chi connectivity index (χ4v) is 8.96. The summed E-state index contributed by atoms with van der Waals surface area (Å²) in [6.45, 7) is 4.25. The maximum Gasteiger partial charge on any atom is 0.249 e. The van der Waals surface area contributed by atoms with Crippen molar-refractivity contribution in [1.82, 2.24) is 5.32 Å². The van der Waals surface area contributed by atoms with Crippen LogP contribution in [0.2, 0.25) is 0 Å². The lowest BCUT2D eigenvalue weighted by atomic mass is 10.0. The summed E-state index contributed by atoms with van der Waals surface area (Å²) in [4.78, 5) is 12.5. The van der Waals surface area contributed by atoms with E-state index in [-0.39, 0.29) is 6.61 Å². The molecule has 5 nitrogen and oxygen atoms in total. The van der Waals surface area contributed by atoms with Gasteiger partial charge in [-0.3, -0.25) is 4.79 Å². The summed E-state index contributed by atoms with van der Waals surface area (Å²) in [5.41, 5.74) is 0. The molecule has 0 rings (SSSR count). The highest BCUT2D eigenvalue weighted by Gasteiger charge is 2.23. The first-order valence-corrected chi connectivity index (χ1v) is 27.3. The van der Waals surface area contributed by atoms with Gasteiger partial charge in [0, 0.05) is 0 Å². The van der Waals surface area contributed by atoms with Gasteiger partial charge in [-0.1, -0.05) is 303 Å². The minimum Gasteiger partial charge on any atom is -0.394 e. The van der Waals surface area contributed by atoms with Crippen molar-refractivity contribution in [2.45, 2.75) is 334 Å². The zero-order chi connectivity index (χ0) is 43.0. The zero-order valence-electron chi connectivity index (χ0n) is 40.4. The van der Waals surface area contributed by atoms with Gasteiger partial charge in [0.05, 0.1) is 18.8 Å². The first kappa shape index (κ1) is 58.4. The predicted molar refractivity (Wildman–Crippen MR) is 259 cm³/mol. The Hall–Kier alpha value is -0.650. The van der Waals surface area contributed by atoms with Crippen LogP contribution in [0, 0.1) is 0 Å². The average molecular weight is 836 g/mol. The number of nitrogens with one attached hydrogen (secondary N) is 1. The van der Waals surface area contributed by atoms with Crippen molar-refractivity contribution in [2.24, 2.45) is 0 Å². The molecule has 0 fully saturated rings. The van der Waals surface area contributed by atoms with Gasteiger partial charge < -0.3 is 20.6 Å². The van der Waals surface area contributed by atoms with Crippen molar-refractivity contribution in [3.05, 3.63) is 0 Å². The number of carbonyl (C=O) groups is 1. The third-order valence-corrected chi connectivity index (χ3v) is 13.2. The Morgan fingerprint density at radius 3 is 0.763 bits per heavy atom. The number of carbonyl (C=O) groups excluding carboxylic acids is 1. The molecule has 59 heavy (non-hydrogen) atoms. The Morgan fingerprint density at radius 2 is 0.542 bits per heavy atom. The van der Waals surface area contributed by atoms with E-state index in [0.717, 1.165) is 32.1 Å². The van der Waals surface area contributed by atoms with Crippen molar-refractivity contribution in [2.75, 3.05) is 6.61 Å². The lowest BCUT2D eigenvalue weighted by molar-refractivity contribution is -0.131. The van der Waals surface area contributed by atoms with Crippen molar-refractivity contribution in [3.8, 4) is 0 Å². The molecule has 3 atom stereocenters. The lowest BCUT2D eigenvalue weighted by Crippen LogP contribution is -2.49. The first-order valence-electron chi connectivity index (χ1n) is 27.3. The molecule has 1 amide bonds. The fourth-order valence-electron chi connectivity index (χ4n) is 8.96. The molecule has 0 aliphatic heterocycles. The summed E-state index contributed by atoms with van der Waals surface area (Å²) >= 11 is 0. The van der Waals surface area contributed by atoms with Gasteiger partial charge in [0.2, 0.25) is 5.91 Å². The van der Waals surface area contributed by atoms with Crippen LogP contribution in [0.4, 0.5) is 0 Å². The number of aliphatic hydroxyl groups excluding tert-OH is 3. The fraction of sp³-hybridized carbons (Fsp3) is 0.981. The standard InChI is InChI=1S/C54H109NO4/c1-3-5-7-9-11-13-15-16-17-18-19-20-21-22-23-24-25-26-27-28-29-30-31-32-33-34-35-36-37-39-41-43-45-47-49-53(58)54(59)55-51(50-56)52(57)48-46-44-42-40-38-14-12-10-8-6-4-2/h51-53,56-58H,3-50H2,1-2H3,(H,55,59). The van der Waals surface area contributed by atoms with Gasteiger partial charge >= 0.3 is 0 Å². The van der Waals surface area contributed by atoms with E-state index in [2.05, 4.69) is 19.2 Å². The molecule has 0 saturated carbocycles. The van der Waals surface area contributed by atoms with Gasteiger partial charge in [-0.05, 0) is 12.8 Å². The van der Waals surface area contributed by atoms with E-state index < -0.39 is 24.2 Å². The van der Waals surface area contributed by atoms with E-state index in [4.69, 9.17) is 0 Å². The minimum absolute atomic E-state index is 0.308.